The molecule has 2 aromatic rings. The van der Waals surface area contributed by atoms with E-state index in [4.69, 9.17) is 9.47 Å². The van der Waals surface area contributed by atoms with Crippen molar-refractivity contribution < 1.29 is 14.3 Å². The summed E-state index contributed by atoms with van der Waals surface area (Å²) >= 11 is 6.97. The first kappa shape index (κ1) is 21.4. The smallest absolute Gasteiger partial charge is 0.277 e. The molecule has 0 aliphatic carbocycles. The second-order valence-corrected chi connectivity index (χ2v) is 7.97. The molecule has 0 fully saturated rings. The topological polar surface area (TPSA) is 59.9 Å². The molecule has 0 aliphatic rings. The van der Waals surface area contributed by atoms with E-state index in [1.54, 1.807) is 13.3 Å². The van der Waals surface area contributed by atoms with Gasteiger partial charge in [-0.1, -0.05) is 45.7 Å². The minimum Gasteiger partial charge on any atom is -0.497 e. The number of carbonyl (C=O) groups is 1. The minimum absolute atomic E-state index is 0.114. The third kappa shape index (κ3) is 6.07. The van der Waals surface area contributed by atoms with Gasteiger partial charge in [0.1, 0.15) is 11.5 Å². The quantitative estimate of drug-likeness (QED) is 0.423. The fourth-order valence-corrected chi connectivity index (χ4v) is 3.05. The van der Waals surface area contributed by atoms with E-state index in [0.717, 1.165) is 25.6 Å². The molecule has 0 radical (unpaired) electrons. The molecule has 0 bridgehead atoms. The second-order valence-electron chi connectivity index (χ2n) is 6.26. The number of amides is 1. The molecule has 0 atom stereocenters. The van der Waals surface area contributed by atoms with E-state index in [0.29, 0.717) is 11.5 Å². The van der Waals surface area contributed by atoms with Gasteiger partial charge in [0.15, 0.2) is 6.61 Å². The lowest BCUT2D eigenvalue weighted by Gasteiger charge is -2.15. The van der Waals surface area contributed by atoms with Gasteiger partial charge in [0.05, 0.1) is 13.3 Å². The largest absolute Gasteiger partial charge is 0.497 e. The first-order valence-electron chi connectivity index (χ1n) is 8.40. The molecule has 7 heteroatoms. The van der Waals surface area contributed by atoms with Crippen LogP contribution in [0.3, 0.4) is 0 Å². The van der Waals surface area contributed by atoms with Gasteiger partial charge >= 0.3 is 0 Å². The Morgan fingerprint density at radius 3 is 2.63 bits per heavy atom. The Morgan fingerprint density at radius 2 is 1.96 bits per heavy atom. The van der Waals surface area contributed by atoms with Gasteiger partial charge in [0.25, 0.3) is 5.91 Å². The summed E-state index contributed by atoms with van der Waals surface area (Å²) in [5, 5.41) is 3.98. The Morgan fingerprint density at radius 1 is 1.22 bits per heavy atom. The summed E-state index contributed by atoms with van der Waals surface area (Å²) in [5.74, 6) is 1.37. The average Bonchev–Trinajstić information content (AvgIpc) is 2.63. The highest BCUT2D eigenvalue weighted by Crippen LogP contribution is 2.32. The van der Waals surface area contributed by atoms with E-state index in [-0.39, 0.29) is 18.4 Å². The van der Waals surface area contributed by atoms with E-state index < -0.39 is 0 Å². The minimum atomic E-state index is -0.333. The van der Waals surface area contributed by atoms with Crippen LogP contribution in [0.2, 0.25) is 0 Å². The molecule has 0 saturated heterocycles. The predicted molar refractivity (Wildman–Crippen MR) is 115 cm³/mol. The molecule has 1 amide bonds. The molecule has 0 saturated carbocycles. The molecule has 1 N–H and O–H groups in total. The van der Waals surface area contributed by atoms with E-state index in [1.807, 2.05) is 37.3 Å². The zero-order chi connectivity index (χ0) is 20.0. The molecule has 0 aliphatic heterocycles. The summed E-state index contributed by atoms with van der Waals surface area (Å²) < 4.78 is 12.8. The molecule has 0 aromatic heterocycles. The van der Waals surface area contributed by atoms with Crippen LogP contribution in [0.4, 0.5) is 0 Å². The van der Waals surface area contributed by atoms with Crippen molar-refractivity contribution in [2.45, 2.75) is 26.7 Å². The maximum Gasteiger partial charge on any atom is 0.277 e. The molecule has 0 spiro atoms. The van der Waals surface area contributed by atoms with Crippen LogP contribution in [0, 0.1) is 6.92 Å². The molecular formula is C20H22Br2N2O3. The number of methoxy groups -OCH3 is 1. The number of hydrogen-bond donors (Lipinski definition) is 1. The number of carbonyl (C=O) groups excluding carboxylic acids is 1. The molecule has 144 valence electrons. The van der Waals surface area contributed by atoms with Crippen LogP contribution in [0.25, 0.3) is 0 Å². The van der Waals surface area contributed by atoms with Crippen molar-refractivity contribution in [1.29, 1.82) is 0 Å². The number of nitrogens with zero attached hydrogens (tertiary/aromatic N) is 1. The van der Waals surface area contributed by atoms with Gasteiger partial charge in [-0.05, 0) is 54.3 Å². The van der Waals surface area contributed by atoms with Crippen LogP contribution in [0.15, 0.2) is 44.4 Å². The summed E-state index contributed by atoms with van der Waals surface area (Å²) in [5.41, 5.74) is 5.37. The molecule has 2 rings (SSSR count). The van der Waals surface area contributed by atoms with Gasteiger partial charge in [-0.15, -0.1) is 0 Å². The number of halogens is 2. The SMILES string of the molecule is COc1ccc(Br)c(C=NNC(=O)COc2cc(C)c(Br)cc2C(C)C)c1. The molecular weight excluding hydrogens is 476 g/mol. The first-order chi connectivity index (χ1) is 12.8. The Bertz CT molecular complexity index is 851. The average molecular weight is 498 g/mol. The first-order valence-corrected chi connectivity index (χ1v) is 9.98. The Balaban J connectivity index is 1.98. The normalized spacial score (nSPS) is 11.1. The van der Waals surface area contributed by atoms with Crippen molar-refractivity contribution >= 4 is 44.0 Å². The molecule has 5 nitrogen and oxygen atoms in total. The highest BCUT2D eigenvalue weighted by molar-refractivity contribution is 9.10. The Labute approximate surface area is 176 Å². The third-order valence-corrected chi connectivity index (χ3v) is 5.44. The number of hydrogen-bond acceptors (Lipinski definition) is 4. The summed E-state index contributed by atoms with van der Waals surface area (Å²) in [6, 6.07) is 9.47. The highest BCUT2D eigenvalue weighted by atomic mass is 79.9. The van der Waals surface area contributed by atoms with E-state index in [2.05, 4.69) is 56.2 Å². The summed E-state index contributed by atoms with van der Waals surface area (Å²) in [4.78, 5) is 12.1. The number of benzene rings is 2. The Kier molecular flexibility index (Phi) is 7.86. The predicted octanol–water partition coefficient (Wildman–Crippen LogP) is 5.18. The van der Waals surface area contributed by atoms with Crippen LogP contribution in [-0.4, -0.2) is 25.8 Å². The molecule has 0 heterocycles. The Hall–Kier alpha value is -1.86. The fourth-order valence-electron chi connectivity index (χ4n) is 2.34. The van der Waals surface area contributed by atoms with Gasteiger partial charge in [0, 0.05) is 14.5 Å². The van der Waals surface area contributed by atoms with Gasteiger partial charge < -0.3 is 9.47 Å². The zero-order valence-corrected chi connectivity index (χ0v) is 18.8. The lowest BCUT2D eigenvalue weighted by atomic mass is 10.0. The van der Waals surface area contributed by atoms with Crippen molar-refractivity contribution in [2.24, 2.45) is 5.10 Å². The van der Waals surface area contributed by atoms with Crippen molar-refractivity contribution in [3.05, 3.63) is 56.0 Å². The maximum atomic E-state index is 12.1. The number of rotatable bonds is 7. The van der Waals surface area contributed by atoms with Crippen LogP contribution in [0.5, 0.6) is 11.5 Å². The van der Waals surface area contributed by atoms with Crippen LogP contribution in [-0.2, 0) is 4.79 Å². The number of nitrogens with one attached hydrogen (secondary N) is 1. The zero-order valence-electron chi connectivity index (χ0n) is 15.7. The number of hydrazone groups is 1. The van der Waals surface area contributed by atoms with Gasteiger partial charge in [0.2, 0.25) is 0 Å². The number of ether oxygens (including phenoxy) is 2. The number of aryl methyl sites for hydroxylation is 1. The lowest BCUT2D eigenvalue weighted by molar-refractivity contribution is -0.123. The maximum absolute atomic E-state index is 12.1. The summed E-state index contributed by atoms with van der Waals surface area (Å²) in [6.07, 6.45) is 1.55. The van der Waals surface area contributed by atoms with Gasteiger partial charge in [-0.25, -0.2) is 5.43 Å². The van der Waals surface area contributed by atoms with E-state index in [9.17, 15) is 4.79 Å². The lowest BCUT2D eigenvalue weighted by Crippen LogP contribution is -2.25. The standard InChI is InChI=1S/C20H22Br2N2O3/c1-12(2)16-9-18(22)13(3)7-19(16)27-11-20(25)24-23-10-14-8-15(26-4)5-6-17(14)21/h5-10,12H,11H2,1-4H3,(H,24,25). The highest BCUT2D eigenvalue weighted by Gasteiger charge is 2.12. The van der Waals surface area contributed by atoms with E-state index >= 15 is 0 Å². The fraction of sp³-hybridized carbons (Fsp3) is 0.300. The van der Waals surface area contributed by atoms with Crippen LogP contribution >= 0.6 is 31.9 Å². The molecule has 0 unspecified atom stereocenters. The van der Waals surface area contributed by atoms with Gasteiger partial charge in [-0.2, -0.15) is 5.10 Å². The molecule has 27 heavy (non-hydrogen) atoms. The summed E-state index contributed by atoms with van der Waals surface area (Å²) in [7, 11) is 1.60. The van der Waals surface area contributed by atoms with Crippen molar-refractivity contribution in [3.8, 4) is 11.5 Å². The second kappa shape index (κ2) is 9.90. The van der Waals surface area contributed by atoms with Crippen LogP contribution in [0.1, 0.15) is 36.5 Å². The van der Waals surface area contributed by atoms with Gasteiger partial charge in [-0.3, -0.25) is 4.79 Å². The van der Waals surface area contributed by atoms with Crippen LogP contribution < -0.4 is 14.9 Å². The van der Waals surface area contributed by atoms with Crippen molar-refractivity contribution in [1.82, 2.24) is 5.43 Å². The van der Waals surface area contributed by atoms with Crippen molar-refractivity contribution in [3.63, 3.8) is 0 Å². The van der Waals surface area contributed by atoms with Crippen molar-refractivity contribution in [2.75, 3.05) is 13.7 Å². The monoisotopic (exact) mass is 496 g/mol. The summed E-state index contributed by atoms with van der Waals surface area (Å²) in [6.45, 7) is 6.04. The third-order valence-electron chi connectivity index (χ3n) is 3.87. The van der Waals surface area contributed by atoms with E-state index in [1.165, 1.54) is 0 Å². The molecule has 2 aromatic carbocycles.